The largest absolute Gasteiger partial charge is 0.503 e. The van der Waals surface area contributed by atoms with Crippen molar-refractivity contribution in [3.8, 4) is 11.5 Å². The Bertz CT molecular complexity index is 1620. The Balaban J connectivity index is 1.57. The number of aryl methyl sites for hydroxylation is 2. The molecule has 12 heteroatoms. The number of thiazole rings is 1. The van der Waals surface area contributed by atoms with Gasteiger partial charge in [0.1, 0.15) is 0 Å². The highest BCUT2D eigenvalue weighted by molar-refractivity contribution is 8.00. The number of aromatic nitrogens is 3. The smallest absolute Gasteiger partial charge is 0.296 e. The SMILES string of the molecule is CCOc1ccc(C2C(C(=O)c3sc(C)nc3C)=C(O)C(=O)N2c2nnc(SCc3ccccc3)s2)cc1OCC. The number of aliphatic hydroxyl groups excluding tert-OH is 1. The van der Waals surface area contributed by atoms with E-state index in [2.05, 4.69) is 15.2 Å². The summed E-state index contributed by atoms with van der Waals surface area (Å²) in [6.07, 6.45) is 0. The number of thioether (sulfide) groups is 1. The summed E-state index contributed by atoms with van der Waals surface area (Å²) in [5.41, 5.74) is 2.19. The van der Waals surface area contributed by atoms with E-state index in [1.54, 1.807) is 25.1 Å². The molecule has 41 heavy (non-hydrogen) atoms. The summed E-state index contributed by atoms with van der Waals surface area (Å²) in [7, 11) is 0. The number of anilines is 1. The summed E-state index contributed by atoms with van der Waals surface area (Å²) in [6.45, 7) is 8.11. The molecule has 1 unspecified atom stereocenters. The summed E-state index contributed by atoms with van der Waals surface area (Å²) in [4.78, 5) is 33.6. The standard InChI is InChI=1S/C29H28N4O5S3/c1-5-37-20-13-12-19(14-21(20)38-6-2)23-22(24(34)26-16(3)30-17(4)40-26)25(35)27(36)33(23)28-31-32-29(41-28)39-15-18-10-8-7-9-11-18/h7-14,23,35H,5-6,15H2,1-4H3. The first kappa shape index (κ1) is 28.8. The fourth-order valence-electron chi connectivity index (χ4n) is 4.53. The van der Waals surface area contributed by atoms with Crippen LogP contribution in [-0.2, 0) is 10.5 Å². The van der Waals surface area contributed by atoms with Gasteiger partial charge >= 0.3 is 0 Å². The van der Waals surface area contributed by atoms with Crippen molar-refractivity contribution in [1.82, 2.24) is 15.2 Å². The minimum Gasteiger partial charge on any atom is -0.503 e. The number of Topliss-reactive ketones (excluding diaryl/α,β-unsaturated/α-hetero) is 1. The van der Waals surface area contributed by atoms with Crippen molar-refractivity contribution >= 4 is 51.3 Å². The Morgan fingerprint density at radius 1 is 1.02 bits per heavy atom. The molecule has 9 nitrogen and oxygen atoms in total. The van der Waals surface area contributed by atoms with Crippen LogP contribution >= 0.6 is 34.4 Å². The van der Waals surface area contributed by atoms with Gasteiger partial charge in [0.15, 0.2) is 21.6 Å². The molecule has 1 aliphatic rings. The predicted octanol–water partition coefficient (Wildman–Crippen LogP) is 6.48. The van der Waals surface area contributed by atoms with E-state index in [1.165, 1.54) is 39.3 Å². The number of benzene rings is 2. The van der Waals surface area contributed by atoms with E-state index in [1.807, 2.05) is 51.1 Å². The lowest BCUT2D eigenvalue weighted by atomic mass is 9.95. The highest BCUT2D eigenvalue weighted by Gasteiger charge is 2.47. The molecule has 0 saturated heterocycles. The maximum absolute atomic E-state index is 13.9. The van der Waals surface area contributed by atoms with Crippen LogP contribution in [-0.4, -0.2) is 45.2 Å². The number of carbonyl (C=O) groups excluding carboxylic acids is 2. The average molecular weight is 609 g/mol. The topological polar surface area (TPSA) is 115 Å². The minimum absolute atomic E-state index is 0.0398. The normalized spacial score (nSPS) is 15.1. The van der Waals surface area contributed by atoms with Crippen molar-refractivity contribution < 1.29 is 24.2 Å². The molecule has 0 fully saturated rings. The molecule has 1 N–H and O–H groups in total. The first-order chi connectivity index (χ1) is 19.8. The molecule has 0 spiro atoms. The molecular formula is C29H28N4O5S3. The molecule has 4 aromatic rings. The number of nitrogens with zero attached hydrogens (tertiary/aromatic N) is 4. The van der Waals surface area contributed by atoms with Crippen LogP contribution in [0.1, 0.15) is 51.4 Å². The summed E-state index contributed by atoms with van der Waals surface area (Å²) in [6, 6.07) is 14.2. The van der Waals surface area contributed by atoms with E-state index in [9.17, 15) is 14.7 Å². The van der Waals surface area contributed by atoms with Crippen LogP contribution in [0.2, 0.25) is 0 Å². The second-order valence-corrected chi connectivity index (χ2v) is 12.4. The van der Waals surface area contributed by atoms with Gasteiger partial charge in [-0.15, -0.1) is 21.5 Å². The molecule has 5 rings (SSSR count). The van der Waals surface area contributed by atoms with E-state index >= 15 is 0 Å². The number of amides is 1. The molecule has 2 aromatic heterocycles. The van der Waals surface area contributed by atoms with Crippen LogP contribution in [0.5, 0.6) is 11.5 Å². The third-order valence-corrected chi connectivity index (χ3v) is 9.45. The Kier molecular flexibility index (Phi) is 8.71. The first-order valence-corrected chi connectivity index (χ1v) is 15.6. The van der Waals surface area contributed by atoms with Crippen LogP contribution < -0.4 is 14.4 Å². The van der Waals surface area contributed by atoms with Crippen LogP contribution in [0.25, 0.3) is 0 Å². The van der Waals surface area contributed by atoms with E-state index < -0.39 is 23.5 Å². The lowest BCUT2D eigenvalue weighted by molar-refractivity contribution is -0.117. The monoisotopic (exact) mass is 608 g/mol. The van der Waals surface area contributed by atoms with Gasteiger partial charge in [0.2, 0.25) is 10.9 Å². The van der Waals surface area contributed by atoms with Crippen molar-refractivity contribution in [2.75, 3.05) is 18.1 Å². The van der Waals surface area contributed by atoms with Crippen molar-refractivity contribution in [2.45, 2.75) is 43.8 Å². The number of hydrogen-bond donors (Lipinski definition) is 1. The third-order valence-electron chi connectivity index (χ3n) is 6.25. The van der Waals surface area contributed by atoms with Gasteiger partial charge in [0, 0.05) is 5.75 Å². The number of ether oxygens (including phenoxy) is 2. The van der Waals surface area contributed by atoms with Crippen LogP contribution in [0.15, 0.2) is 64.2 Å². The van der Waals surface area contributed by atoms with Gasteiger partial charge < -0.3 is 14.6 Å². The molecular weight excluding hydrogens is 581 g/mol. The molecule has 2 aromatic carbocycles. The van der Waals surface area contributed by atoms with Crippen molar-refractivity contribution in [3.05, 3.63) is 86.6 Å². The Morgan fingerprint density at radius 2 is 1.76 bits per heavy atom. The van der Waals surface area contributed by atoms with Gasteiger partial charge in [-0.1, -0.05) is 59.5 Å². The lowest BCUT2D eigenvalue weighted by Gasteiger charge is -2.25. The zero-order valence-electron chi connectivity index (χ0n) is 22.9. The molecule has 0 aliphatic carbocycles. The Hall–Kier alpha value is -3.74. The van der Waals surface area contributed by atoms with Crippen molar-refractivity contribution in [1.29, 1.82) is 0 Å². The first-order valence-electron chi connectivity index (χ1n) is 13.0. The van der Waals surface area contributed by atoms with Crippen LogP contribution in [0.4, 0.5) is 5.13 Å². The summed E-state index contributed by atoms with van der Waals surface area (Å²) in [5, 5.41) is 20.8. The van der Waals surface area contributed by atoms with Crippen molar-refractivity contribution in [2.24, 2.45) is 0 Å². The zero-order valence-corrected chi connectivity index (χ0v) is 25.4. The molecule has 1 amide bonds. The number of hydrogen-bond acceptors (Lipinski definition) is 11. The quantitative estimate of drug-likeness (QED) is 0.116. The summed E-state index contributed by atoms with van der Waals surface area (Å²) < 4.78 is 12.2. The maximum atomic E-state index is 13.9. The fourth-order valence-corrected chi connectivity index (χ4v) is 7.23. The van der Waals surface area contributed by atoms with E-state index in [0.29, 0.717) is 55.9 Å². The van der Waals surface area contributed by atoms with E-state index in [4.69, 9.17) is 9.47 Å². The second-order valence-electron chi connectivity index (χ2n) is 9.01. The second kappa shape index (κ2) is 12.4. The minimum atomic E-state index is -0.966. The number of ketones is 1. The lowest BCUT2D eigenvalue weighted by Crippen LogP contribution is -2.31. The number of aliphatic hydroxyl groups is 1. The number of carbonyl (C=O) groups is 2. The molecule has 0 saturated carbocycles. The average Bonchev–Trinajstić information content (AvgIpc) is 3.64. The fraction of sp³-hybridized carbons (Fsp3) is 0.276. The maximum Gasteiger partial charge on any atom is 0.296 e. The molecule has 212 valence electrons. The zero-order chi connectivity index (χ0) is 29.1. The van der Waals surface area contributed by atoms with Gasteiger partial charge in [-0.05, 0) is 51.0 Å². The van der Waals surface area contributed by atoms with E-state index in [-0.39, 0.29) is 10.7 Å². The van der Waals surface area contributed by atoms with Crippen LogP contribution in [0.3, 0.4) is 0 Å². The number of rotatable bonds is 11. The molecule has 1 aliphatic heterocycles. The van der Waals surface area contributed by atoms with Gasteiger partial charge in [-0.2, -0.15) is 0 Å². The molecule has 3 heterocycles. The Labute approximate surface area is 249 Å². The third kappa shape index (κ3) is 5.85. The van der Waals surface area contributed by atoms with Gasteiger partial charge in [0.25, 0.3) is 5.91 Å². The highest BCUT2D eigenvalue weighted by Crippen LogP contribution is 2.46. The Morgan fingerprint density at radius 3 is 2.44 bits per heavy atom. The predicted molar refractivity (Wildman–Crippen MR) is 160 cm³/mol. The molecule has 0 bridgehead atoms. The summed E-state index contributed by atoms with van der Waals surface area (Å²) in [5.74, 6) is -0.105. The highest BCUT2D eigenvalue weighted by atomic mass is 32.2. The van der Waals surface area contributed by atoms with Gasteiger partial charge in [0.05, 0.1) is 40.4 Å². The van der Waals surface area contributed by atoms with Crippen LogP contribution in [0, 0.1) is 13.8 Å². The van der Waals surface area contributed by atoms with Gasteiger partial charge in [-0.3, -0.25) is 14.5 Å². The van der Waals surface area contributed by atoms with E-state index in [0.717, 1.165) is 5.56 Å². The molecule has 1 atom stereocenters. The van der Waals surface area contributed by atoms with Crippen molar-refractivity contribution in [3.63, 3.8) is 0 Å². The molecule has 0 radical (unpaired) electrons. The summed E-state index contributed by atoms with van der Waals surface area (Å²) >= 11 is 3.95. The van der Waals surface area contributed by atoms with Gasteiger partial charge in [-0.25, -0.2) is 4.98 Å².